The maximum absolute atomic E-state index is 12.5. The van der Waals surface area contributed by atoms with E-state index in [2.05, 4.69) is 0 Å². The third-order valence-corrected chi connectivity index (χ3v) is 2.33. The second kappa shape index (κ2) is 4.33. The summed E-state index contributed by atoms with van der Waals surface area (Å²) in [4.78, 5) is 0. The molecular weight excluding hydrogens is 187 g/mol. The van der Waals surface area contributed by atoms with Crippen LogP contribution in [0.15, 0.2) is 29.7 Å². The number of halogens is 1. The average molecular weight is 198 g/mol. The number of hydrogen-bond donors (Lipinski definition) is 0. The van der Waals surface area contributed by atoms with E-state index in [1.165, 1.54) is 12.1 Å². The molecule has 0 fully saturated rings. The van der Waals surface area contributed by atoms with Crippen molar-refractivity contribution in [2.45, 2.75) is 6.92 Å². The molecule has 13 heavy (non-hydrogen) atoms. The fraction of sp³-hybridized carbons (Fsp3) is 0.200. The van der Waals surface area contributed by atoms with Gasteiger partial charge in [-0.15, -0.1) is 0 Å². The van der Waals surface area contributed by atoms with Gasteiger partial charge in [0.05, 0.1) is 0 Å². The van der Waals surface area contributed by atoms with Gasteiger partial charge in [-0.1, -0.05) is 12.1 Å². The lowest BCUT2D eigenvalue weighted by Crippen LogP contribution is -1.83. The zero-order chi connectivity index (χ0) is 9.84. The van der Waals surface area contributed by atoms with Crippen molar-refractivity contribution >= 4 is 16.4 Å². The van der Waals surface area contributed by atoms with Crippen LogP contribution in [0.3, 0.4) is 0 Å². The maximum Gasteiger partial charge on any atom is 0.123 e. The molecule has 0 heterocycles. The van der Waals surface area contributed by atoms with Gasteiger partial charge >= 0.3 is 0 Å². The first-order chi connectivity index (χ1) is 6.09. The zero-order valence-electron chi connectivity index (χ0n) is 7.58. The molecule has 1 aromatic rings. The van der Waals surface area contributed by atoms with Gasteiger partial charge in [-0.05, 0) is 30.2 Å². The molecule has 0 aromatic heterocycles. The van der Waals surface area contributed by atoms with Crippen molar-refractivity contribution in [2.75, 3.05) is 6.26 Å². The second-order valence-corrected chi connectivity index (χ2v) is 4.04. The summed E-state index contributed by atoms with van der Waals surface area (Å²) in [5.41, 5.74) is 1.80. The summed E-state index contributed by atoms with van der Waals surface area (Å²) in [5.74, 6) is -0.255. The van der Waals surface area contributed by atoms with Crippen LogP contribution in [0, 0.1) is 5.82 Å². The molecule has 0 spiro atoms. The monoisotopic (exact) mass is 198 g/mol. The van der Waals surface area contributed by atoms with Gasteiger partial charge in [0.1, 0.15) is 5.82 Å². The van der Waals surface area contributed by atoms with Crippen LogP contribution >= 0.6 is 0 Å². The molecule has 0 aliphatic rings. The van der Waals surface area contributed by atoms with Gasteiger partial charge in [-0.3, -0.25) is 4.21 Å². The molecule has 0 aliphatic heterocycles. The first-order valence-electron chi connectivity index (χ1n) is 3.86. The highest BCUT2D eigenvalue weighted by Crippen LogP contribution is 2.14. The molecule has 1 rings (SSSR count). The lowest BCUT2D eigenvalue weighted by atomic mass is 10.1. The van der Waals surface area contributed by atoms with Crippen LogP contribution < -0.4 is 0 Å². The number of hydrogen-bond acceptors (Lipinski definition) is 1. The Labute approximate surface area is 79.7 Å². The Kier molecular flexibility index (Phi) is 3.37. The molecule has 0 aliphatic carbocycles. The Balaban J connectivity index is 2.96. The molecule has 0 saturated carbocycles. The standard InChI is InChI=1S/C10H11FOS/c1-8(7-13(2)12)9-3-5-10(11)6-4-9/h3-7H,1-2H3/b8-7-. The molecule has 0 amide bonds. The molecule has 1 aromatic carbocycles. The van der Waals surface area contributed by atoms with Crippen LogP contribution in [0.25, 0.3) is 5.57 Å². The van der Waals surface area contributed by atoms with Crippen LogP contribution in [0.1, 0.15) is 12.5 Å². The van der Waals surface area contributed by atoms with Crippen molar-refractivity contribution in [3.8, 4) is 0 Å². The maximum atomic E-state index is 12.5. The molecule has 1 nitrogen and oxygen atoms in total. The van der Waals surface area contributed by atoms with Gasteiger partial charge in [0.2, 0.25) is 0 Å². The Morgan fingerprint density at radius 3 is 2.38 bits per heavy atom. The van der Waals surface area contributed by atoms with E-state index in [1.54, 1.807) is 23.8 Å². The Morgan fingerprint density at radius 2 is 1.92 bits per heavy atom. The van der Waals surface area contributed by atoms with Gasteiger partial charge in [0.25, 0.3) is 0 Å². The van der Waals surface area contributed by atoms with E-state index in [-0.39, 0.29) is 5.82 Å². The van der Waals surface area contributed by atoms with Crippen molar-refractivity contribution in [1.29, 1.82) is 0 Å². The van der Waals surface area contributed by atoms with Gasteiger partial charge in [0, 0.05) is 22.5 Å². The summed E-state index contributed by atoms with van der Waals surface area (Å²) in [7, 11) is -0.957. The third kappa shape index (κ3) is 3.11. The van der Waals surface area contributed by atoms with Crippen LogP contribution in [0.5, 0.6) is 0 Å². The summed E-state index contributed by atoms with van der Waals surface area (Å²) in [6.45, 7) is 1.86. The van der Waals surface area contributed by atoms with E-state index >= 15 is 0 Å². The van der Waals surface area contributed by atoms with E-state index in [1.807, 2.05) is 6.92 Å². The number of benzene rings is 1. The normalized spacial score (nSPS) is 14.2. The largest absolute Gasteiger partial charge is 0.255 e. The summed E-state index contributed by atoms with van der Waals surface area (Å²) < 4.78 is 23.4. The molecule has 0 saturated heterocycles. The molecule has 0 N–H and O–H groups in total. The molecular formula is C10H11FOS. The van der Waals surface area contributed by atoms with Crippen LogP contribution in [0.2, 0.25) is 0 Å². The van der Waals surface area contributed by atoms with Crippen LogP contribution in [-0.4, -0.2) is 10.5 Å². The molecule has 3 heteroatoms. The molecule has 1 unspecified atom stereocenters. The third-order valence-electron chi connectivity index (χ3n) is 1.64. The van der Waals surface area contributed by atoms with Crippen LogP contribution in [-0.2, 0) is 10.8 Å². The smallest absolute Gasteiger partial charge is 0.123 e. The summed E-state index contributed by atoms with van der Waals surface area (Å²) in [6.07, 6.45) is 1.60. The summed E-state index contributed by atoms with van der Waals surface area (Å²) in [6, 6.07) is 6.14. The Morgan fingerprint density at radius 1 is 1.38 bits per heavy atom. The minimum absolute atomic E-state index is 0.255. The minimum Gasteiger partial charge on any atom is -0.255 e. The summed E-state index contributed by atoms with van der Waals surface area (Å²) >= 11 is 0. The molecule has 1 atom stereocenters. The molecule has 0 bridgehead atoms. The average Bonchev–Trinajstić information content (AvgIpc) is 2.04. The fourth-order valence-electron chi connectivity index (χ4n) is 1.03. The van der Waals surface area contributed by atoms with E-state index in [0.717, 1.165) is 11.1 Å². The van der Waals surface area contributed by atoms with Crippen molar-refractivity contribution in [1.82, 2.24) is 0 Å². The van der Waals surface area contributed by atoms with Crippen molar-refractivity contribution in [3.63, 3.8) is 0 Å². The van der Waals surface area contributed by atoms with Gasteiger partial charge in [0.15, 0.2) is 0 Å². The van der Waals surface area contributed by atoms with Crippen molar-refractivity contribution in [3.05, 3.63) is 41.1 Å². The van der Waals surface area contributed by atoms with Crippen LogP contribution in [0.4, 0.5) is 4.39 Å². The van der Waals surface area contributed by atoms with Crippen molar-refractivity contribution < 1.29 is 8.60 Å². The number of allylic oxidation sites excluding steroid dienone is 1. The van der Waals surface area contributed by atoms with E-state index < -0.39 is 10.8 Å². The first-order valence-corrected chi connectivity index (χ1v) is 5.48. The van der Waals surface area contributed by atoms with Gasteiger partial charge in [-0.2, -0.15) is 0 Å². The highest BCUT2D eigenvalue weighted by molar-refractivity contribution is 7.87. The highest BCUT2D eigenvalue weighted by atomic mass is 32.2. The second-order valence-electron chi connectivity index (χ2n) is 2.81. The molecule has 70 valence electrons. The van der Waals surface area contributed by atoms with Crippen molar-refractivity contribution in [2.24, 2.45) is 0 Å². The minimum atomic E-state index is -0.957. The topological polar surface area (TPSA) is 17.1 Å². The Hall–Kier alpha value is -0.960. The molecule has 0 radical (unpaired) electrons. The fourth-order valence-corrected chi connectivity index (χ4v) is 1.66. The Bertz CT molecular complexity index is 340. The number of rotatable bonds is 2. The van der Waals surface area contributed by atoms with E-state index in [9.17, 15) is 8.60 Å². The SMILES string of the molecule is C/C(=C/S(C)=O)c1ccc(F)cc1. The lowest BCUT2D eigenvalue weighted by Gasteiger charge is -1.99. The summed E-state index contributed by atoms with van der Waals surface area (Å²) in [5, 5.41) is 1.65. The zero-order valence-corrected chi connectivity index (χ0v) is 8.40. The van der Waals surface area contributed by atoms with E-state index in [4.69, 9.17) is 0 Å². The predicted molar refractivity (Wildman–Crippen MR) is 54.1 cm³/mol. The first kappa shape index (κ1) is 10.1. The van der Waals surface area contributed by atoms with E-state index in [0.29, 0.717) is 0 Å². The van der Waals surface area contributed by atoms with Gasteiger partial charge in [-0.25, -0.2) is 4.39 Å². The quantitative estimate of drug-likeness (QED) is 0.713. The van der Waals surface area contributed by atoms with Gasteiger partial charge < -0.3 is 0 Å². The highest BCUT2D eigenvalue weighted by Gasteiger charge is 1.96. The lowest BCUT2D eigenvalue weighted by molar-refractivity contribution is 0.627. The predicted octanol–water partition coefficient (Wildman–Crippen LogP) is 2.57.